The van der Waals surface area contributed by atoms with Gasteiger partial charge in [0.25, 0.3) is 0 Å². The zero-order valence-corrected chi connectivity index (χ0v) is 20.4. The summed E-state index contributed by atoms with van der Waals surface area (Å²) < 4.78 is 10.6. The molecule has 0 atom stereocenters. The van der Waals surface area contributed by atoms with Crippen molar-refractivity contribution in [3.8, 4) is 0 Å². The normalized spacial score (nSPS) is 12.3. The SMILES string of the molecule is CC(C)(C)CCC(=O)OCCCCOC(=O)CCN(CCCCCCO)C(C)(C)C. The third-order valence-corrected chi connectivity index (χ3v) is 5.01. The second kappa shape index (κ2) is 15.6. The highest BCUT2D eigenvalue weighted by Crippen LogP contribution is 2.20. The number of esters is 2. The first kappa shape index (κ1) is 28.9. The van der Waals surface area contributed by atoms with Gasteiger partial charge in [-0.05, 0) is 64.8 Å². The molecule has 0 fully saturated rings. The summed E-state index contributed by atoms with van der Waals surface area (Å²) in [5.74, 6) is -0.327. The third kappa shape index (κ3) is 17.7. The molecule has 0 aliphatic carbocycles. The second-order valence-corrected chi connectivity index (χ2v) is 10.3. The quantitative estimate of drug-likeness (QED) is 0.282. The standard InChI is InChI=1S/C24H47NO5/c1-23(2,3)15-13-21(27)29-19-11-12-20-30-22(28)14-17-25(24(4,5)6)16-9-7-8-10-18-26/h26H,7-20H2,1-6H3. The van der Waals surface area contributed by atoms with Crippen LogP contribution in [-0.4, -0.2) is 60.4 Å². The predicted molar refractivity (Wildman–Crippen MR) is 121 cm³/mol. The largest absolute Gasteiger partial charge is 0.466 e. The van der Waals surface area contributed by atoms with E-state index in [0.717, 1.165) is 38.6 Å². The van der Waals surface area contributed by atoms with E-state index in [-0.39, 0.29) is 29.5 Å². The van der Waals surface area contributed by atoms with Crippen molar-refractivity contribution >= 4 is 11.9 Å². The Hall–Kier alpha value is -1.14. The second-order valence-electron chi connectivity index (χ2n) is 10.3. The lowest BCUT2D eigenvalue weighted by atomic mass is 9.91. The average molecular weight is 430 g/mol. The fourth-order valence-electron chi connectivity index (χ4n) is 2.97. The molecule has 0 aliphatic heterocycles. The number of ether oxygens (including phenoxy) is 2. The minimum Gasteiger partial charge on any atom is -0.466 e. The first-order valence-electron chi connectivity index (χ1n) is 11.6. The first-order valence-corrected chi connectivity index (χ1v) is 11.6. The van der Waals surface area contributed by atoms with E-state index in [4.69, 9.17) is 14.6 Å². The van der Waals surface area contributed by atoms with Gasteiger partial charge in [0.1, 0.15) is 0 Å². The van der Waals surface area contributed by atoms with Gasteiger partial charge in [-0.3, -0.25) is 14.5 Å². The molecule has 0 heterocycles. The number of unbranched alkanes of at least 4 members (excludes halogenated alkanes) is 4. The number of rotatable bonds is 16. The van der Waals surface area contributed by atoms with Crippen LogP contribution >= 0.6 is 0 Å². The number of nitrogens with zero attached hydrogens (tertiary/aromatic N) is 1. The van der Waals surface area contributed by atoms with Crippen molar-refractivity contribution in [3.05, 3.63) is 0 Å². The molecule has 0 aromatic heterocycles. The molecule has 0 radical (unpaired) electrons. The Morgan fingerprint density at radius 3 is 1.77 bits per heavy atom. The summed E-state index contributed by atoms with van der Waals surface area (Å²) in [5.41, 5.74) is 0.143. The molecular weight excluding hydrogens is 382 g/mol. The van der Waals surface area contributed by atoms with Crippen LogP contribution in [-0.2, 0) is 19.1 Å². The van der Waals surface area contributed by atoms with Gasteiger partial charge in [0.2, 0.25) is 0 Å². The summed E-state index contributed by atoms with van der Waals surface area (Å²) in [5, 5.41) is 8.86. The summed E-state index contributed by atoms with van der Waals surface area (Å²) >= 11 is 0. The molecule has 0 unspecified atom stereocenters. The number of hydrogen-bond donors (Lipinski definition) is 1. The van der Waals surface area contributed by atoms with E-state index < -0.39 is 0 Å². The van der Waals surface area contributed by atoms with E-state index in [2.05, 4.69) is 46.4 Å². The number of aliphatic hydroxyl groups is 1. The van der Waals surface area contributed by atoms with E-state index in [9.17, 15) is 9.59 Å². The van der Waals surface area contributed by atoms with Gasteiger partial charge in [-0.25, -0.2) is 0 Å². The van der Waals surface area contributed by atoms with Gasteiger partial charge < -0.3 is 14.6 Å². The van der Waals surface area contributed by atoms with Gasteiger partial charge in [0.15, 0.2) is 0 Å². The van der Waals surface area contributed by atoms with Crippen LogP contribution in [0.15, 0.2) is 0 Å². The Balaban J connectivity index is 3.88. The molecular formula is C24H47NO5. The summed E-state index contributed by atoms with van der Waals surface area (Å²) in [6, 6.07) is 0. The van der Waals surface area contributed by atoms with Crippen molar-refractivity contribution in [2.24, 2.45) is 5.41 Å². The van der Waals surface area contributed by atoms with Crippen LogP contribution in [0.4, 0.5) is 0 Å². The lowest BCUT2D eigenvalue weighted by molar-refractivity contribution is -0.146. The Morgan fingerprint density at radius 2 is 1.27 bits per heavy atom. The summed E-state index contributed by atoms with van der Waals surface area (Å²) in [6.07, 6.45) is 7.12. The highest BCUT2D eigenvalue weighted by molar-refractivity contribution is 5.69. The van der Waals surface area contributed by atoms with Crippen LogP contribution in [0.25, 0.3) is 0 Å². The van der Waals surface area contributed by atoms with Gasteiger partial charge in [-0.1, -0.05) is 33.6 Å². The van der Waals surface area contributed by atoms with Gasteiger partial charge in [-0.2, -0.15) is 0 Å². The maximum atomic E-state index is 12.0. The van der Waals surface area contributed by atoms with Gasteiger partial charge >= 0.3 is 11.9 Å². The highest BCUT2D eigenvalue weighted by atomic mass is 16.5. The third-order valence-electron chi connectivity index (χ3n) is 5.01. The number of aliphatic hydroxyl groups excluding tert-OH is 1. The molecule has 0 rings (SSSR count). The van der Waals surface area contributed by atoms with E-state index in [0.29, 0.717) is 45.4 Å². The van der Waals surface area contributed by atoms with Crippen molar-refractivity contribution in [2.45, 2.75) is 105 Å². The van der Waals surface area contributed by atoms with Gasteiger partial charge in [-0.15, -0.1) is 0 Å². The highest BCUT2D eigenvalue weighted by Gasteiger charge is 2.21. The van der Waals surface area contributed by atoms with Gasteiger partial charge in [0.05, 0.1) is 19.6 Å². The monoisotopic (exact) mass is 429 g/mol. The van der Waals surface area contributed by atoms with Crippen molar-refractivity contribution in [3.63, 3.8) is 0 Å². The number of carbonyl (C=O) groups is 2. The Labute approximate surface area is 184 Å². The molecule has 0 spiro atoms. The number of carbonyl (C=O) groups excluding carboxylic acids is 2. The molecule has 0 aromatic carbocycles. The van der Waals surface area contributed by atoms with E-state index in [1.807, 2.05) is 0 Å². The van der Waals surface area contributed by atoms with Crippen molar-refractivity contribution in [1.29, 1.82) is 0 Å². The van der Waals surface area contributed by atoms with E-state index >= 15 is 0 Å². The van der Waals surface area contributed by atoms with Crippen LogP contribution in [0.2, 0.25) is 0 Å². The Bertz CT molecular complexity index is 465. The molecule has 30 heavy (non-hydrogen) atoms. The minimum absolute atomic E-state index is 0.00806. The van der Waals surface area contributed by atoms with Crippen molar-refractivity contribution < 1.29 is 24.2 Å². The summed E-state index contributed by atoms with van der Waals surface area (Å²) in [6.45, 7) is 15.4. The fraction of sp³-hybridized carbons (Fsp3) is 0.917. The Kier molecular flexibility index (Phi) is 15.0. The lowest BCUT2D eigenvalue weighted by Gasteiger charge is -2.35. The minimum atomic E-state index is -0.174. The van der Waals surface area contributed by atoms with E-state index in [1.165, 1.54) is 0 Å². The van der Waals surface area contributed by atoms with Crippen LogP contribution in [0, 0.1) is 5.41 Å². The topological polar surface area (TPSA) is 76.1 Å². The molecule has 0 saturated carbocycles. The zero-order valence-electron chi connectivity index (χ0n) is 20.4. The molecule has 6 nitrogen and oxygen atoms in total. The van der Waals surface area contributed by atoms with Crippen LogP contribution in [0.3, 0.4) is 0 Å². The maximum Gasteiger partial charge on any atom is 0.307 e. The van der Waals surface area contributed by atoms with Crippen LogP contribution < -0.4 is 0 Å². The first-order chi connectivity index (χ1) is 14.0. The average Bonchev–Trinajstić information content (AvgIpc) is 2.63. The van der Waals surface area contributed by atoms with Gasteiger partial charge in [0, 0.05) is 25.1 Å². The fourth-order valence-corrected chi connectivity index (χ4v) is 2.97. The predicted octanol–water partition coefficient (Wildman–Crippen LogP) is 4.72. The van der Waals surface area contributed by atoms with Crippen LogP contribution in [0.5, 0.6) is 0 Å². The molecule has 1 N–H and O–H groups in total. The molecule has 0 bridgehead atoms. The van der Waals surface area contributed by atoms with Crippen LogP contribution in [0.1, 0.15) is 99.3 Å². The van der Waals surface area contributed by atoms with Crippen molar-refractivity contribution in [1.82, 2.24) is 4.90 Å². The Morgan fingerprint density at radius 1 is 0.733 bits per heavy atom. The maximum absolute atomic E-state index is 12.0. The van der Waals surface area contributed by atoms with E-state index in [1.54, 1.807) is 0 Å². The molecule has 6 heteroatoms. The molecule has 0 aliphatic rings. The lowest BCUT2D eigenvalue weighted by Crippen LogP contribution is -2.43. The zero-order chi connectivity index (χ0) is 23.0. The summed E-state index contributed by atoms with van der Waals surface area (Å²) in [7, 11) is 0. The van der Waals surface area contributed by atoms with Crippen molar-refractivity contribution in [2.75, 3.05) is 32.9 Å². The summed E-state index contributed by atoms with van der Waals surface area (Å²) in [4.78, 5) is 26.0. The molecule has 178 valence electrons. The smallest absolute Gasteiger partial charge is 0.307 e. The molecule has 0 saturated heterocycles. The number of hydrogen-bond acceptors (Lipinski definition) is 6. The molecule has 0 aromatic rings. The molecule has 0 amide bonds.